The summed E-state index contributed by atoms with van der Waals surface area (Å²) in [6, 6.07) is 11.2. The minimum Gasteiger partial charge on any atom is -0.323 e. The fourth-order valence-electron chi connectivity index (χ4n) is 1.31. The van der Waals surface area contributed by atoms with Gasteiger partial charge in [0.05, 0.1) is 11.3 Å². The summed E-state index contributed by atoms with van der Waals surface area (Å²) in [5.74, 6) is 0. The van der Waals surface area contributed by atoms with Crippen molar-refractivity contribution >= 4 is 11.6 Å². The van der Waals surface area contributed by atoms with Crippen molar-refractivity contribution in [2.45, 2.75) is 0 Å². The van der Waals surface area contributed by atoms with Gasteiger partial charge in [-0.15, -0.1) is 0 Å². The molecule has 0 amide bonds. The predicted molar refractivity (Wildman–Crippen MR) is 55.5 cm³/mol. The molecule has 68 valence electrons. The molecule has 2 aromatic rings. The number of nitrogens with zero attached hydrogens (tertiary/aromatic N) is 2. The molecule has 0 unspecified atom stereocenters. The maximum atomic E-state index is 8.90. The molecule has 1 aromatic carbocycles. The first kappa shape index (κ1) is 8.86. The molecule has 0 N–H and O–H groups in total. The quantitative estimate of drug-likeness (QED) is 0.699. The van der Waals surface area contributed by atoms with Crippen LogP contribution in [0.1, 0.15) is 5.56 Å². The number of aromatic nitrogens is 1. The topological polar surface area (TPSA) is 28.7 Å². The average molecular weight is 203 g/mol. The van der Waals surface area contributed by atoms with Crippen LogP contribution >= 0.6 is 11.6 Å². The Balaban J connectivity index is 2.63. The van der Waals surface area contributed by atoms with Crippen LogP contribution in [-0.2, 0) is 0 Å². The Labute approximate surface area is 87.0 Å². The summed E-state index contributed by atoms with van der Waals surface area (Å²) in [5, 5.41) is 9.53. The Morgan fingerprint density at radius 3 is 2.57 bits per heavy atom. The molecule has 0 saturated heterocycles. The third-order valence-corrected chi connectivity index (χ3v) is 2.20. The highest BCUT2D eigenvalue weighted by Gasteiger charge is 2.03. The van der Waals surface area contributed by atoms with E-state index < -0.39 is 0 Å². The van der Waals surface area contributed by atoms with Crippen molar-refractivity contribution in [2.24, 2.45) is 0 Å². The molecule has 0 aliphatic rings. The number of nitriles is 1. The average Bonchev–Trinajstić information content (AvgIpc) is 2.70. The maximum absolute atomic E-state index is 8.90. The van der Waals surface area contributed by atoms with Crippen LogP contribution in [0.15, 0.2) is 42.7 Å². The van der Waals surface area contributed by atoms with Gasteiger partial charge >= 0.3 is 0 Å². The lowest BCUT2D eigenvalue weighted by Crippen LogP contribution is -1.93. The van der Waals surface area contributed by atoms with Crippen LogP contribution in [0.25, 0.3) is 5.69 Å². The highest BCUT2D eigenvalue weighted by molar-refractivity contribution is 6.30. The summed E-state index contributed by atoms with van der Waals surface area (Å²) in [7, 11) is 0. The lowest BCUT2D eigenvalue weighted by Gasteiger charge is -2.05. The molecule has 0 aliphatic carbocycles. The predicted octanol–water partition coefficient (Wildman–Crippen LogP) is 3.00. The SMILES string of the molecule is N#Cc1ccc(Cl)cc1-n1cccc1. The zero-order chi connectivity index (χ0) is 9.97. The maximum Gasteiger partial charge on any atom is 0.101 e. The molecule has 0 bridgehead atoms. The Morgan fingerprint density at radius 1 is 1.21 bits per heavy atom. The second-order valence-corrected chi connectivity index (χ2v) is 3.30. The summed E-state index contributed by atoms with van der Waals surface area (Å²) >= 11 is 5.87. The molecule has 0 radical (unpaired) electrons. The largest absolute Gasteiger partial charge is 0.323 e. The lowest BCUT2D eigenvalue weighted by molar-refractivity contribution is 1.07. The van der Waals surface area contributed by atoms with Gasteiger partial charge in [-0.3, -0.25) is 0 Å². The van der Waals surface area contributed by atoms with E-state index in [9.17, 15) is 0 Å². The lowest BCUT2D eigenvalue weighted by atomic mass is 10.2. The van der Waals surface area contributed by atoms with Gasteiger partial charge in [0.25, 0.3) is 0 Å². The summed E-state index contributed by atoms with van der Waals surface area (Å²) < 4.78 is 1.87. The van der Waals surface area contributed by atoms with Crippen LogP contribution in [0, 0.1) is 11.3 Å². The van der Waals surface area contributed by atoms with Crippen molar-refractivity contribution < 1.29 is 0 Å². The molecule has 0 atom stereocenters. The van der Waals surface area contributed by atoms with Gasteiger partial charge in [0.2, 0.25) is 0 Å². The van der Waals surface area contributed by atoms with E-state index in [0.29, 0.717) is 10.6 Å². The molecular formula is C11H7ClN2. The molecule has 1 heterocycles. The van der Waals surface area contributed by atoms with E-state index in [2.05, 4.69) is 6.07 Å². The van der Waals surface area contributed by atoms with Gasteiger partial charge in [0.1, 0.15) is 6.07 Å². The van der Waals surface area contributed by atoms with Gasteiger partial charge in [-0.2, -0.15) is 5.26 Å². The van der Waals surface area contributed by atoms with Crippen LogP contribution in [0.3, 0.4) is 0 Å². The molecular weight excluding hydrogens is 196 g/mol. The molecule has 3 heteroatoms. The van der Waals surface area contributed by atoms with E-state index in [0.717, 1.165) is 5.69 Å². The summed E-state index contributed by atoms with van der Waals surface area (Å²) in [6.45, 7) is 0. The molecule has 2 nitrogen and oxygen atoms in total. The van der Waals surface area contributed by atoms with Gasteiger partial charge in [-0.05, 0) is 30.3 Å². The number of hydrogen-bond donors (Lipinski definition) is 0. The number of rotatable bonds is 1. The van der Waals surface area contributed by atoms with E-state index in [4.69, 9.17) is 16.9 Å². The molecule has 0 fully saturated rings. The van der Waals surface area contributed by atoms with Gasteiger partial charge in [0.15, 0.2) is 0 Å². The van der Waals surface area contributed by atoms with Crippen molar-refractivity contribution in [2.75, 3.05) is 0 Å². The standard InChI is InChI=1S/C11H7ClN2/c12-10-4-3-9(8-13)11(7-10)14-5-1-2-6-14/h1-7H. The van der Waals surface area contributed by atoms with Crippen molar-refractivity contribution in [1.82, 2.24) is 4.57 Å². The third-order valence-electron chi connectivity index (χ3n) is 1.96. The van der Waals surface area contributed by atoms with E-state index in [-0.39, 0.29) is 0 Å². The molecule has 0 saturated carbocycles. The van der Waals surface area contributed by atoms with Crippen molar-refractivity contribution in [3.05, 3.63) is 53.3 Å². The second-order valence-electron chi connectivity index (χ2n) is 2.86. The summed E-state index contributed by atoms with van der Waals surface area (Å²) in [6.07, 6.45) is 3.76. The molecule has 0 aliphatic heterocycles. The van der Waals surface area contributed by atoms with Gasteiger partial charge < -0.3 is 4.57 Å². The van der Waals surface area contributed by atoms with Crippen LogP contribution in [-0.4, -0.2) is 4.57 Å². The molecule has 2 rings (SSSR count). The second kappa shape index (κ2) is 3.57. The van der Waals surface area contributed by atoms with E-state index >= 15 is 0 Å². The fraction of sp³-hybridized carbons (Fsp3) is 0. The van der Waals surface area contributed by atoms with E-state index in [1.165, 1.54) is 0 Å². The Hall–Kier alpha value is -1.72. The Kier molecular flexibility index (Phi) is 2.26. The molecule has 0 spiro atoms. The van der Waals surface area contributed by atoms with Crippen LogP contribution in [0.4, 0.5) is 0 Å². The Bertz CT molecular complexity index is 480. The molecule has 14 heavy (non-hydrogen) atoms. The highest BCUT2D eigenvalue weighted by Crippen LogP contribution is 2.19. The van der Waals surface area contributed by atoms with Gasteiger partial charge in [-0.1, -0.05) is 11.6 Å². The van der Waals surface area contributed by atoms with Crippen LogP contribution in [0.5, 0.6) is 0 Å². The minimum atomic E-state index is 0.616. The van der Waals surface area contributed by atoms with Crippen LogP contribution < -0.4 is 0 Å². The summed E-state index contributed by atoms with van der Waals surface area (Å²) in [4.78, 5) is 0. The normalized spacial score (nSPS) is 9.71. The first-order valence-electron chi connectivity index (χ1n) is 4.14. The van der Waals surface area contributed by atoms with Crippen LogP contribution in [0.2, 0.25) is 5.02 Å². The third kappa shape index (κ3) is 1.50. The number of halogens is 1. The van der Waals surface area contributed by atoms with E-state index in [1.807, 2.05) is 29.1 Å². The van der Waals surface area contributed by atoms with Crippen molar-refractivity contribution in [3.63, 3.8) is 0 Å². The smallest absolute Gasteiger partial charge is 0.101 e. The Morgan fingerprint density at radius 2 is 1.93 bits per heavy atom. The first-order chi connectivity index (χ1) is 6.81. The van der Waals surface area contributed by atoms with Gasteiger partial charge in [0, 0.05) is 17.4 Å². The molecule has 1 aromatic heterocycles. The monoisotopic (exact) mass is 202 g/mol. The van der Waals surface area contributed by atoms with E-state index in [1.54, 1.807) is 18.2 Å². The zero-order valence-corrected chi connectivity index (χ0v) is 8.07. The van der Waals surface area contributed by atoms with Crippen molar-refractivity contribution in [1.29, 1.82) is 5.26 Å². The fourth-order valence-corrected chi connectivity index (χ4v) is 1.47. The summed E-state index contributed by atoms with van der Waals surface area (Å²) in [5.41, 5.74) is 1.43. The highest BCUT2D eigenvalue weighted by atomic mass is 35.5. The van der Waals surface area contributed by atoms with Gasteiger partial charge in [-0.25, -0.2) is 0 Å². The zero-order valence-electron chi connectivity index (χ0n) is 7.31. The minimum absolute atomic E-state index is 0.616. The first-order valence-corrected chi connectivity index (χ1v) is 4.52. The number of hydrogen-bond acceptors (Lipinski definition) is 1. The van der Waals surface area contributed by atoms with Crippen molar-refractivity contribution in [3.8, 4) is 11.8 Å². The number of benzene rings is 1.